The van der Waals surface area contributed by atoms with Crippen LogP contribution in [0.3, 0.4) is 0 Å². The molecule has 0 saturated carbocycles. The third-order valence-electron chi connectivity index (χ3n) is 3.41. The van der Waals surface area contributed by atoms with E-state index in [0.717, 1.165) is 38.2 Å². The van der Waals surface area contributed by atoms with Crippen molar-refractivity contribution in [3.05, 3.63) is 34.9 Å². The molecule has 0 radical (unpaired) electrons. The molecule has 1 aliphatic heterocycles. The normalized spacial score (nSPS) is 17.6. The summed E-state index contributed by atoms with van der Waals surface area (Å²) in [5.74, 6) is 0.196. The van der Waals surface area contributed by atoms with Gasteiger partial charge in [-0.2, -0.15) is 0 Å². The number of benzene rings is 1. The molecule has 98 valence electrons. The third kappa shape index (κ3) is 3.03. The minimum atomic E-state index is -0.0413. The molecule has 3 nitrogen and oxygen atoms in total. The van der Waals surface area contributed by atoms with Crippen LogP contribution in [0.25, 0.3) is 0 Å². The van der Waals surface area contributed by atoms with E-state index in [4.69, 9.17) is 11.6 Å². The molecular formula is C14H19ClN2O. The zero-order chi connectivity index (χ0) is 13.0. The van der Waals surface area contributed by atoms with Crippen LogP contribution in [0.4, 0.5) is 0 Å². The molecule has 1 N–H and O–H groups in total. The lowest BCUT2D eigenvalue weighted by atomic mass is 9.95. The first-order valence-corrected chi connectivity index (χ1v) is 6.85. The minimum absolute atomic E-state index is 0.0413. The molecular weight excluding hydrogens is 248 g/mol. The number of nitrogens with one attached hydrogen (secondary N) is 1. The van der Waals surface area contributed by atoms with Gasteiger partial charge in [-0.05, 0) is 24.1 Å². The van der Waals surface area contributed by atoms with Crippen LogP contribution in [0.2, 0.25) is 5.02 Å². The van der Waals surface area contributed by atoms with Gasteiger partial charge in [0.15, 0.2) is 0 Å². The summed E-state index contributed by atoms with van der Waals surface area (Å²) in [4.78, 5) is 14.4. The summed E-state index contributed by atoms with van der Waals surface area (Å²) in [6, 6.07) is 7.61. The number of halogens is 1. The molecule has 1 fully saturated rings. The summed E-state index contributed by atoms with van der Waals surface area (Å²) in [5.41, 5.74) is 1.06. The SMILES string of the molecule is CCC(C(=O)N1CCNCC1)c1ccc(Cl)cc1. The highest BCUT2D eigenvalue weighted by Crippen LogP contribution is 2.23. The van der Waals surface area contributed by atoms with E-state index >= 15 is 0 Å². The van der Waals surface area contributed by atoms with Crippen LogP contribution in [0.5, 0.6) is 0 Å². The van der Waals surface area contributed by atoms with Crippen molar-refractivity contribution in [1.82, 2.24) is 10.2 Å². The lowest BCUT2D eigenvalue weighted by molar-refractivity contribution is -0.133. The molecule has 0 bridgehead atoms. The van der Waals surface area contributed by atoms with Crippen molar-refractivity contribution < 1.29 is 4.79 Å². The van der Waals surface area contributed by atoms with Crippen molar-refractivity contribution in [2.75, 3.05) is 26.2 Å². The van der Waals surface area contributed by atoms with E-state index in [1.54, 1.807) is 0 Å². The second kappa shape index (κ2) is 6.21. The molecule has 1 heterocycles. The van der Waals surface area contributed by atoms with Crippen LogP contribution < -0.4 is 5.32 Å². The molecule has 1 saturated heterocycles. The Morgan fingerprint density at radius 1 is 1.33 bits per heavy atom. The molecule has 2 rings (SSSR count). The van der Waals surface area contributed by atoms with Crippen LogP contribution in [-0.4, -0.2) is 37.0 Å². The van der Waals surface area contributed by atoms with Gasteiger partial charge in [0.1, 0.15) is 0 Å². The molecule has 18 heavy (non-hydrogen) atoms. The van der Waals surface area contributed by atoms with Gasteiger partial charge in [-0.15, -0.1) is 0 Å². The van der Waals surface area contributed by atoms with E-state index in [1.807, 2.05) is 29.2 Å². The fourth-order valence-electron chi connectivity index (χ4n) is 2.35. The van der Waals surface area contributed by atoms with E-state index in [1.165, 1.54) is 0 Å². The summed E-state index contributed by atoms with van der Waals surface area (Å²) in [6.45, 7) is 5.46. The van der Waals surface area contributed by atoms with Gasteiger partial charge in [-0.25, -0.2) is 0 Å². The van der Waals surface area contributed by atoms with Crippen LogP contribution in [0, 0.1) is 0 Å². The lowest BCUT2D eigenvalue weighted by Gasteiger charge is -2.30. The summed E-state index contributed by atoms with van der Waals surface area (Å²) in [7, 11) is 0. The average molecular weight is 267 g/mol. The highest BCUT2D eigenvalue weighted by Gasteiger charge is 2.25. The van der Waals surface area contributed by atoms with Crippen molar-refractivity contribution >= 4 is 17.5 Å². The molecule has 1 atom stereocenters. The maximum Gasteiger partial charge on any atom is 0.230 e. The van der Waals surface area contributed by atoms with E-state index in [0.29, 0.717) is 5.02 Å². The Labute approximate surface area is 113 Å². The molecule has 0 aromatic heterocycles. The smallest absolute Gasteiger partial charge is 0.230 e. The first-order chi connectivity index (χ1) is 8.72. The number of hydrogen-bond donors (Lipinski definition) is 1. The Balaban J connectivity index is 2.12. The van der Waals surface area contributed by atoms with Gasteiger partial charge in [-0.1, -0.05) is 30.7 Å². The molecule has 1 unspecified atom stereocenters. The number of nitrogens with zero attached hydrogens (tertiary/aromatic N) is 1. The molecule has 1 aliphatic rings. The number of hydrogen-bond acceptors (Lipinski definition) is 2. The topological polar surface area (TPSA) is 32.3 Å². The van der Waals surface area contributed by atoms with Gasteiger partial charge in [0.25, 0.3) is 0 Å². The molecule has 1 amide bonds. The van der Waals surface area contributed by atoms with Crippen molar-refractivity contribution in [2.45, 2.75) is 19.3 Å². The zero-order valence-electron chi connectivity index (χ0n) is 10.7. The maximum atomic E-state index is 12.5. The molecule has 1 aromatic rings. The van der Waals surface area contributed by atoms with E-state index in [2.05, 4.69) is 12.2 Å². The number of rotatable bonds is 3. The second-order valence-electron chi connectivity index (χ2n) is 4.59. The van der Waals surface area contributed by atoms with Gasteiger partial charge < -0.3 is 10.2 Å². The highest BCUT2D eigenvalue weighted by molar-refractivity contribution is 6.30. The fourth-order valence-corrected chi connectivity index (χ4v) is 2.48. The van der Waals surface area contributed by atoms with Gasteiger partial charge in [0.05, 0.1) is 5.92 Å². The maximum absolute atomic E-state index is 12.5. The Morgan fingerprint density at radius 2 is 1.94 bits per heavy atom. The van der Waals surface area contributed by atoms with Crippen molar-refractivity contribution in [2.24, 2.45) is 0 Å². The predicted octanol–water partition coefficient (Wildman–Crippen LogP) is 2.27. The summed E-state index contributed by atoms with van der Waals surface area (Å²) in [6.07, 6.45) is 0.824. The number of amides is 1. The minimum Gasteiger partial charge on any atom is -0.340 e. The largest absolute Gasteiger partial charge is 0.340 e. The Hall–Kier alpha value is -1.06. The Kier molecular flexibility index (Phi) is 4.61. The molecule has 0 spiro atoms. The first-order valence-electron chi connectivity index (χ1n) is 6.47. The Bertz CT molecular complexity index is 399. The van der Waals surface area contributed by atoms with Crippen LogP contribution in [0.15, 0.2) is 24.3 Å². The van der Waals surface area contributed by atoms with Crippen molar-refractivity contribution in [1.29, 1.82) is 0 Å². The number of carbonyl (C=O) groups excluding carboxylic acids is 1. The second-order valence-corrected chi connectivity index (χ2v) is 5.02. The lowest BCUT2D eigenvalue weighted by Crippen LogP contribution is -2.48. The standard InChI is InChI=1S/C14H19ClN2O/c1-2-13(11-3-5-12(15)6-4-11)14(18)17-9-7-16-8-10-17/h3-6,13,16H,2,7-10H2,1H3. The fraction of sp³-hybridized carbons (Fsp3) is 0.500. The Morgan fingerprint density at radius 3 is 2.50 bits per heavy atom. The van der Waals surface area contributed by atoms with Gasteiger partial charge >= 0.3 is 0 Å². The zero-order valence-corrected chi connectivity index (χ0v) is 11.4. The quantitative estimate of drug-likeness (QED) is 0.910. The summed E-state index contributed by atoms with van der Waals surface area (Å²) in [5, 5.41) is 3.97. The number of piperazine rings is 1. The highest BCUT2D eigenvalue weighted by atomic mass is 35.5. The first kappa shape index (κ1) is 13.4. The molecule has 4 heteroatoms. The average Bonchev–Trinajstić information content (AvgIpc) is 2.42. The van der Waals surface area contributed by atoms with Crippen molar-refractivity contribution in [3.63, 3.8) is 0 Å². The van der Waals surface area contributed by atoms with Crippen LogP contribution >= 0.6 is 11.6 Å². The van der Waals surface area contributed by atoms with Gasteiger partial charge in [0, 0.05) is 31.2 Å². The van der Waals surface area contributed by atoms with E-state index in [9.17, 15) is 4.79 Å². The van der Waals surface area contributed by atoms with E-state index < -0.39 is 0 Å². The number of carbonyl (C=O) groups is 1. The summed E-state index contributed by atoms with van der Waals surface area (Å²) < 4.78 is 0. The van der Waals surface area contributed by atoms with Gasteiger partial charge in [-0.3, -0.25) is 4.79 Å². The molecule has 0 aliphatic carbocycles. The third-order valence-corrected chi connectivity index (χ3v) is 3.66. The van der Waals surface area contributed by atoms with Crippen LogP contribution in [0.1, 0.15) is 24.8 Å². The van der Waals surface area contributed by atoms with Crippen LogP contribution in [-0.2, 0) is 4.79 Å². The summed E-state index contributed by atoms with van der Waals surface area (Å²) >= 11 is 5.88. The van der Waals surface area contributed by atoms with E-state index in [-0.39, 0.29) is 11.8 Å². The molecule has 1 aromatic carbocycles. The monoisotopic (exact) mass is 266 g/mol. The van der Waals surface area contributed by atoms with Crippen molar-refractivity contribution in [3.8, 4) is 0 Å². The van der Waals surface area contributed by atoms with Gasteiger partial charge in [0.2, 0.25) is 5.91 Å². The predicted molar refractivity (Wildman–Crippen MR) is 73.9 cm³/mol.